The van der Waals surface area contributed by atoms with Crippen molar-refractivity contribution in [2.45, 2.75) is 38.6 Å². The predicted octanol–water partition coefficient (Wildman–Crippen LogP) is 3.19. The molecule has 1 fully saturated rings. The number of ketones is 1. The minimum absolute atomic E-state index is 0.184. The number of aromatic nitrogens is 1. The number of fused-ring (bicyclic) bond motifs is 1. The molecule has 0 spiro atoms. The zero-order chi connectivity index (χ0) is 13.2. The van der Waals surface area contributed by atoms with Crippen LogP contribution in [0.1, 0.15) is 41.6 Å². The van der Waals surface area contributed by atoms with E-state index in [-0.39, 0.29) is 5.78 Å². The molecule has 100 valence electrons. The van der Waals surface area contributed by atoms with Crippen molar-refractivity contribution in [2.24, 2.45) is 0 Å². The van der Waals surface area contributed by atoms with Crippen LogP contribution in [0, 0.1) is 6.92 Å². The molecule has 2 N–H and O–H groups in total. The summed E-state index contributed by atoms with van der Waals surface area (Å²) in [7, 11) is 0. The Morgan fingerprint density at radius 2 is 2.16 bits per heavy atom. The van der Waals surface area contributed by atoms with E-state index in [2.05, 4.69) is 23.3 Å². The number of nitrogens with one attached hydrogen (secondary N) is 2. The van der Waals surface area contributed by atoms with Crippen molar-refractivity contribution in [1.29, 1.82) is 0 Å². The van der Waals surface area contributed by atoms with Gasteiger partial charge in [0.15, 0.2) is 5.78 Å². The minimum atomic E-state index is 0.184. The number of Topliss-reactive ketones (excluding diaryl/α,β-unsaturated/α-hetero) is 1. The maximum atomic E-state index is 12.3. The van der Waals surface area contributed by atoms with E-state index >= 15 is 0 Å². The largest absolute Gasteiger partial charge is 0.360 e. The molecule has 0 amide bonds. The van der Waals surface area contributed by atoms with Gasteiger partial charge in [-0.3, -0.25) is 4.79 Å². The van der Waals surface area contributed by atoms with Crippen LogP contribution in [0.4, 0.5) is 0 Å². The third kappa shape index (κ3) is 2.43. The fraction of sp³-hybridized carbons (Fsp3) is 0.438. The molecule has 0 radical (unpaired) electrons. The smallest absolute Gasteiger partial charge is 0.178 e. The normalized spacial score (nSPS) is 16.3. The lowest BCUT2D eigenvalue weighted by Gasteiger charge is -2.10. The second kappa shape index (κ2) is 5.17. The van der Waals surface area contributed by atoms with E-state index in [1.807, 2.05) is 18.3 Å². The summed E-state index contributed by atoms with van der Waals surface area (Å²) in [4.78, 5) is 15.5. The van der Waals surface area contributed by atoms with Gasteiger partial charge < -0.3 is 10.3 Å². The topological polar surface area (TPSA) is 44.9 Å². The Balaban J connectivity index is 1.76. The van der Waals surface area contributed by atoms with Gasteiger partial charge in [-0.15, -0.1) is 0 Å². The van der Waals surface area contributed by atoms with Crippen molar-refractivity contribution in [2.75, 3.05) is 6.54 Å². The van der Waals surface area contributed by atoms with Crippen LogP contribution in [0.5, 0.6) is 0 Å². The number of benzene rings is 1. The molecule has 1 saturated carbocycles. The van der Waals surface area contributed by atoms with Gasteiger partial charge in [-0.1, -0.05) is 31.0 Å². The molecule has 3 heteroatoms. The second-order valence-corrected chi connectivity index (χ2v) is 5.49. The first-order chi connectivity index (χ1) is 9.25. The van der Waals surface area contributed by atoms with Crippen molar-refractivity contribution < 1.29 is 4.79 Å². The first-order valence-corrected chi connectivity index (χ1v) is 7.09. The van der Waals surface area contributed by atoms with Crippen molar-refractivity contribution in [3.8, 4) is 0 Å². The van der Waals surface area contributed by atoms with Gasteiger partial charge in [-0.2, -0.15) is 0 Å². The number of aromatic amines is 1. The number of H-pyrrole nitrogens is 1. The Labute approximate surface area is 113 Å². The van der Waals surface area contributed by atoms with Crippen molar-refractivity contribution in [3.63, 3.8) is 0 Å². The number of para-hydroxylation sites is 1. The summed E-state index contributed by atoms with van der Waals surface area (Å²) in [6.45, 7) is 2.51. The highest BCUT2D eigenvalue weighted by molar-refractivity contribution is 6.09. The highest BCUT2D eigenvalue weighted by Crippen LogP contribution is 2.22. The van der Waals surface area contributed by atoms with Crippen LogP contribution in [0.25, 0.3) is 10.9 Å². The number of carbonyl (C=O) groups is 1. The molecule has 3 nitrogen and oxygen atoms in total. The number of hydrogen-bond donors (Lipinski definition) is 2. The highest BCUT2D eigenvalue weighted by atomic mass is 16.1. The summed E-state index contributed by atoms with van der Waals surface area (Å²) in [5.41, 5.74) is 3.07. The van der Waals surface area contributed by atoms with E-state index in [1.54, 1.807) is 0 Å². The molecule has 19 heavy (non-hydrogen) atoms. The summed E-state index contributed by atoms with van der Waals surface area (Å²) in [5, 5.41) is 4.43. The average molecular weight is 256 g/mol. The molecule has 1 aromatic carbocycles. The van der Waals surface area contributed by atoms with Gasteiger partial charge >= 0.3 is 0 Å². The van der Waals surface area contributed by atoms with Crippen LogP contribution in [0.3, 0.4) is 0 Å². The molecule has 0 unspecified atom stereocenters. The molecule has 1 heterocycles. The first kappa shape index (κ1) is 12.4. The fourth-order valence-corrected chi connectivity index (χ4v) is 3.00. The third-order valence-electron chi connectivity index (χ3n) is 4.13. The van der Waals surface area contributed by atoms with Gasteiger partial charge in [-0.05, 0) is 25.3 Å². The molecule has 1 aliphatic carbocycles. The highest BCUT2D eigenvalue weighted by Gasteiger charge is 2.17. The monoisotopic (exact) mass is 256 g/mol. The van der Waals surface area contributed by atoms with Crippen molar-refractivity contribution >= 4 is 16.7 Å². The molecule has 2 aromatic rings. The summed E-state index contributed by atoms with van der Waals surface area (Å²) in [6.07, 6.45) is 6.84. The van der Waals surface area contributed by atoms with Gasteiger partial charge in [0.25, 0.3) is 0 Å². The van der Waals surface area contributed by atoms with E-state index < -0.39 is 0 Å². The van der Waals surface area contributed by atoms with Crippen LogP contribution >= 0.6 is 0 Å². The van der Waals surface area contributed by atoms with Gasteiger partial charge in [0.2, 0.25) is 0 Å². The van der Waals surface area contributed by atoms with Crippen LogP contribution in [0.15, 0.2) is 24.4 Å². The Morgan fingerprint density at radius 1 is 1.37 bits per heavy atom. The van der Waals surface area contributed by atoms with Gasteiger partial charge in [0.1, 0.15) is 0 Å². The van der Waals surface area contributed by atoms with E-state index in [4.69, 9.17) is 0 Å². The molecule has 0 atom stereocenters. The van der Waals surface area contributed by atoms with Crippen LogP contribution in [0.2, 0.25) is 0 Å². The lowest BCUT2D eigenvalue weighted by molar-refractivity contribution is 0.0989. The lowest BCUT2D eigenvalue weighted by atomic mass is 10.1. The number of carbonyl (C=O) groups excluding carboxylic acids is 1. The summed E-state index contributed by atoms with van der Waals surface area (Å²) in [5.74, 6) is 0.184. The zero-order valence-electron chi connectivity index (χ0n) is 11.3. The van der Waals surface area contributed by atoms with E-state index in [1.165, 1.54) is 31.2 Å². The SMILES string of the molecule is Cc1cccc2c(C(=O)CNC3CCCC3)c[nH]c12. The van der Waals surface area contributed by atoms with E-state index in [0.29, 0.717) is 12.6 Å². The first-order valence-electron chi connectivity index (χ1n) is 7.09. The van der Waals surface area contributed by atoms with Gasteiger partial charge in [0.05, 0.1) is 6.54 Å². The Morgan fingerprint density at radius 3 is 2.95 bits per heavy atom. The molecular formula is C16H20N2O. The lowest BCUT2D eigenvalue weighted by Crippen LogP contribution is -2.31. The molecular weight excluding hydrogens is 236 g/mol. The summed E-state index contributed by atoms with van der Waals surface area (Å²) in [6, 6.07) is 6.62. The summed E-state index contributed by atoms with van der Waals surface area (Å²) < 4.78 is 0. The van der Waals surface area contributed by atoms with Crippen LogP contribution in [-0.2, 0) is 0 Å². The maximum Gasteiger partial charge on any atom is 0.178 e. The quantitative estimate of drug-likeness (QED) is 0.825. The molecule has 1 aromatic heterocycles. The van der Waals surface area contributed by atoms with Gasteiger partial charge in [-0.25, -0.2) is 0 Å². The molecule has 3 rings (SSSR count). The molecule has 0 saturated heterocycles. The zero-order valence-corrected chi connectivity index (χ0v) is 11.3. The van der Waals surface area contributed by atoms with E-state index in [0.717, 1.165) is 16.5 Å². The number of hydrogen-bond acceptors (Lipinski definition) is 2. The second-order valence-electron chi connectivity index (χ2n) is 5.49. The Kier molecular flexibility index (Phi) is 3.38. The molecule has 1 aliphatic rings. The van der Waals surface area contributed by atoms with Crippen LogP contribution in [-0.4, -0.2) is 23.4 Å². The third-order valence-corrected chi connectivity index (χ3v) is 4.13. The summed E-state index contributed by atoms with van der Waals surface area (Å²) >= 11 is 0. The standard InChI is InChI=1S/C16H20N2O/c1-11-5-4-8-13-14(9-18-16(11)13)15(19)10-17-12-6-2-3-7-12/h4-5,8-9,12,17-18H,2-3,6-7,10H2,1H3. The average Bonchev–Trinajstić information content (AvgIpc) is 3.06. The predicted molar refractivity (Wildman–Crippen MR) is 77.6 cm³/mol. The Hall–Kier alpha value is -1.61. The number of rotatable bonds is 4. The van der Waals surface area contributed by atoms with E-state index in [9.17, 15) is 4.79 Å². The fourth-order valence-electron chi connectivity index (χ4n) is 3.00. The van der Waals surface area contributed by atoms with Crippen molar-refractivity contribution in [3.05, 3.63) is 35.5 Å². The molecule has 0 bridgehead atoms. The number of aryl methyl sites for hydroxylation is 1. The molecule has 0 aliphatic heterocycles. The Bertz CT molecular complexity index is 594. The maximum absolute atomic E-state index is 12.3. The van der Waals surface area contributed by atoms with Crippen molar-refractivity contribution in [1.82, 2.24) is 10.3 Å². The van der Waals surface area contributed by atoms with Crippen LogP contribution < -0.4 is 5.32 Å². The van der Waals surface area contributed by atoms with Gasteiger partial charge in [0, 0.05) is 28.7 Å². The minimum Gasteiger partial charge on any atom is -0.360 e.